The van der Waals surface area contributed by atoms with Crippen LogP contribution < -0.4 is 10.6 Å². The average molecular weight is 309 g/mol. The number of hydrogen-bond acceptors (Lipinski definition) is 3. The maximum absolute atomic E-state index is 11.7. The molecule has 19 heavy (non-hydrogen) atoms. The van der Waals surface area contributed by atoms with E-state index in [9.17, 15) is 4.79 Å². The van der Waals surface area contributed by atoms with Gasteiger partial charge in [0.25, 0.3) is 0 Å². The molecule has 1 aromatic rings. The fourth-order valence-corrected chi connectivity index (χ4v) is 2.19. The predicted molar refractivity (Wildman–Crippen MR) is 80.2 cm³/mol. The fraction of sp³-hybridized carbons (Fsp3) is 0.667. The zero-order chi connectivity index (χ0) is 12.3. The van der Waals surface area contributed by atoms with E-state index in [0.717, 1.165) is 30.9 Å². The molecule has 0 spiro atoms. The first-order valence-electron chi connectivity index (χ1n) is 6.16. The fourth-order valence-electron chi connectivity index (χ4n) is 2.19. The van der Waals surface area contributed by atoms with Gasteiger partial charge in [-0.2, -0.15) is 5.10 Å². The van der Waals surface area contributed by atoms with Crippen LogP contribution in [0.2, 0.25) is 0 Å². The largest absolute Gasteiger partial charge is 0.353 e. The number of amides is 1. The molecule has 1 aromatic heterocycles. The molecule has 0 saturated carbocycles. The van der Waals surface area contributed by atoms with Crippen molar-refractivity contribution in [3.63, 3.8) is 0 Å². The van der Waals surface area contributed by atoms with Crippen LogP contribution in [-0.2, 0) is 11.3 Å². The first-order valence-corrected chi connectivity index (χ1v) is 6.16. The lowest BCUT2D eigenvalue weighted by molar-refractivity contribution is -0.121. The lowest BCUT2D eigenvalue weighted by Crippen LogP contribution is -2.38. The molecule has 5 nitrogen and oxygen atoms in total. The van der Waals surface area contributed by atoms with Gasteiger partial charge < -0.3 is 10.6 Å². The highest BCUT2D eigenvalue weighted by Gasteiger charge is 2.15. The van der Waals surface area contributed by atoms with E-state index in [0.29, 0.717) is 12.6 Å². The summed E-state index contributed by atoms with van der Waals surface area (Å²) in [5.74, 6) is 0.0323. The molecule has 1 saturated heterocycles. The number of hydrogen-bond donors (Lipinski definition) is 2. The van der Waals surface area contributed by atoms with Crippen molar-refractivity contribution in [2.45, 2.75) is 39.3 Å². The molecule has 1 atom stereocenters. The van der Waals surface area contributed by atoms with Crippen molar-refractivity contribution in [3.05, 3.63) is 17.5 Å². The Labute approximate surface area is 126 Å². The minimum absolute atomic E-state index is 0. The highest BCUT2D eigenvalue weighted by Crippen LogP contribution is 2.04. The Morgan fingerprint density at radius 3 is 2.79 bits per heavy atom. The second kappa shape index (κ2) is 8.40. The third kappa shape index (κ3) is 5.38. The Balaban J connectivity index is 0.00000162. The van der Waals surface area contributed by atoms with Crippen LogP contribution in [0.25, 0.3) is 0 Å². The normalized spacial score (nSPS) is 17.5. The highest BCUT2D eigenvalue weighted by atomic mass is 35.5. The molecular weight excluding hydrogens is 287 g/mol. The Morgan fingerprint density at radius 1 is 1.53 bits per heavy atom. The summed E-state index contributed by atoms with van der Waals surface area (Å²) in [6.07, 6.45) is 2.36. The number of nitrogens with one attached hydrogen (secondary N) is 2. The van der Waals surface area contributed by atoms with E-state index >= 15 is 0 Å². The molecule has 110 valence electrons. The van der Waals surface area contributed by atoms with Gasteiger partial charge in [-0.25, -0.2) is 0 Å². The van der Waals surface area contributed by atoms with Gasteiger partial charge in [-0.3, -0.25) is 9.48 Å². The van der Waals surface area contributed by atoms with Crippen molar-refractivity contribution in [2.75, 3.05) is 13.1 Å². The molecule has 2 rings (SSSR count). The van der Waals surface area contributed by atoms with Gasteiger partial charge in [-0.1, -0.05) is 0 Å². The predicted octanol–water partition coefficient (Wildman–Crippen LogP) is 1.21. The summed E-state index contributed by atoms with van der Waals surface area (Å²) in [6.45, 7) is 6.00. The standard InChI is InChI=1S/C12H20N4O.2ClH/c1-9-6-10(2)16(15-9)8-12(17)14-7-11-4-3-5-13-11;;/h6,11,13H,3-5,7-8H2,1-2H3,(H,14,17);2*1H. The van der Waals surface area contributed by atoms with Crippen LogP contribution >= 0.6 is 24.8 Å². The van der Waals surface area contributed by atoms with Gasteiger partial charge in [0.05, 0.1) is 5.69 Å². The second-order valence-electron chi connectivity index (χ2n) is 4.68. The van der Waals surface area contributed by atoms with Crippen LogP contribution in [-0.4, -0.2) is 34.8 Å². The number of aromatic nitrogens is 2. The van der Waals surface area contributed by atoms with E-state index in [-0.39, 0.29) is 30.7 Å². The van der Waals surface area contributed by atoms with E-state index < -0.39 is 0 Å². The number of nitrogens with zero attached hydrogens (tertiary/aromatic N) is 2. The van der Waals surface area contributed by atoms with Crippen molar-refractivity contribution < 1.29 is 4.79 Å². The summed E-state index contributed by atoms with van der Waals surface area (Å²) >= 11 is 0. The molecule has 0 bridgehead atoms. The van der Waals surface area contributed by atoms with E-state index in [1.807, 2.05) is 19.9 Å². The van der Waals surface area contributed by atoms with Gasteiger partial charge in [0.15, 0.2) is 0 Å². The Morgan fingerprint density at radius 2 is 2.26 bits per heavy atom. The first-order chi connectivity index (χ1) is 8.15. The van der Waals surface area contributed by atoms with E-state index in [4.69, 9.17) is 0 Å². The summed E-state index contributed by atoms with van der Waals surface area (Å²) in [5.41, 5.74) is 1.98. The van der Waals surface area contributed by atoms with Gasteiger partial charge in [0.2, 0.25) is 5.91 Å². The Hall–Kier alpha value is -0.780. The van der Waals surface area contributed by atoms with Gasteiger partial charge >= 0.3 is 0 Å². The lowest BCUT2D eigenvalue weighted by atomic mass is 10.2. The summed E-state index contributed by atoms with van der Waals surface area (Å²) in [7, 11) is 0. The summed E-state index contributed by atoms with van der Waals surface area (Å²) in [4.78, 5) is 11.7. The number of aryl methyl sites for hydroxylation is 2. The van der Waals surface area contributed by atoms with Crippen molar-refractivity contribution in [2.24, 2.45) is 0 Å². The van der Waals surface area contributed by atoms with Gasteiger partial charge in [-0.15, -0.1) is 24.8 Å². The quantitative estimate of drug-likeness (QED) is 0.879. The van der Waals surface area contributed by atoms with Crippen LogP contribution in [0.15, 0.2) is 6.07 Å². The molecule has 0 aliphatic carbocycles. The maximum Gasteiger partial charge on any atom is 0.241 e. The molecule has 2 N–H and O–H groups in total. The molecule has 1 amide bonds. The molecule has 0 aromatic carbocycles. The molecule has 7 heteroatoms. The maximum atomic E-state index is 11.7. The highest BCUT2D eigenvalue weighted by molar-refractivity contribution is 5.85. The summed E-state index contributed by atoms with van der Waals surface area (Å²) < 4.78 is 1.74. The van der Waals surface area contributed by atoms with Crippen LogP contribution in [0.4, 0.5) is 0 Å². The second-order valence-corrected chi connectivity index (χ2v) is 4.68. The van der Waals surface area contributed by atoms with Gasteiger partial charge in [-0.05, 0) is 39.3 Å². The zero-order valence-corrected chi connectivity index (χ0v) is 12.9. The van der Waals surface area contributed by atoms with E-state index in [2.05, 4.69) is 15.7 Å². The molecule has 2 heterocycles. The van der Waals surface area contributed by atoms with Crippen LogP contribution in [0, 0.1) is 13.8 Å². The summed E-state index contributed by atoms with van der Waals surface area (Å²) in [5, 5.41) is 10.6. The van der Waals surface area contributed by atoms with Gasteiger partial charge in [0, 0.05) is 18.3 Å². The lowest BCUT2D eigenvalue weighted by Gasteiger charge is -2.11. The van der Waals surface area contributed by atoms with Crippen molar-refractivity contribution in [1.82, 2.24) is 20.4 Å². The van der Waals surface area contributed by atoms with Crippen LogP contribution in [0.5, 0.6) is 0 Å². The number of halogens is 2. The van der Waals surface area contributed by atoms with E-state index in [1.54, 1.807) is 4.68 Å². The zero-order valence-electron chi connectivity index (χ0n) is 11.3. The number of carbonyl (C=O) groups is 1. The van der Waals surface area contributed by atoms with Crippen molar-refractivity contribution in [1.29, 1.82) is 0 Å². The smallest absolute Gasteiger partial charge is 0.241 e. The minimum Gasteiger partial charge on any atom is -0.353 e. The first kappa shape index (κ1) is 18.2. The summed E-state index contributed by atoms with van der Waals surface area (Å²) in [6, 6.07) is 2.42. The third-order valence-corrected chi connectivity index (χ3v) is 3.10. The third-order valence-electron chi connectivity index (χ3n) is 3.10. The molecule has 1 aliphatic rings. The topological polar surface area (TPSA) is 59.0 Å². The number of rotatable bonds is 4. The molecule has 0 radical (unpaired) electrons. The van der Waals surface area contributed by atoms with Crippen LogP contribution in [0.1, 0.15) is 24.2 Å². The average Bonchev–Trinajstić information content (AvgIpc) is 2.87. The minimum atomic E-state index is 0. The van der Waals surface area contributed by atoms with E-state index in [1.165, 1.54) is 6.42 Å². The van der Waals surface area contributed by atoms with Crippen molar-refractivity contribution in [3.8, 4) is 0 Å². The molecular formula is C12H22Cl2N4O. The molecule has 1 unspecified atom stereocenters. The van der Waals surface area contributed by atoms with Crippen LogP contribution in [0.3, 0.4) is 0 Å². The Kier molecular flexibility index (Phi) is 8.06. The molecule has 1 aliphatic heterocycles. The van der Waals surface area contributed by atoms with Crippen molar-refractivity contribution >= 4 is 30.7 Å². The monoisotopic (exact) mass is 308 g/mol. The molecule has 1 fully saturated rings. The Bertz CT molecular complexity index is 402. The number of carbonyl (C=O) groups excluding carboxylic acids is 1. The van der Waals surface area contributed by atoms with Gasteiger partial charge in [0.1, 0.15) is 6.54 Å². The SMILES string of the molecule is Cc1cc(C)n(CC(=O)NCC2CCCN2)n1.Cl.Cl.